The van der Waals surface area contributed by atoms with Crippen LogP contribution in [0.3, 0.4) is 0 Å². The van der Waals surface area contributed by atoms with Crippen molar-refractivity contribution in [3.8, 4) is 0 Å². The molecule has 5 nitrogen and oxygen atoms in total. The van der Waals surface area contributed by atoms with E-state index in [1.165, 1.54) is 6.20 Å². The molecule has 7 heteroatoms. The molecule has 1 amide bonds. The summed E-state index contributed by atoms with van der Waals surface area (Å²) >= 11 is 5.82. The number of hydrogen-bond acceptors (Lipinski definition) is 4. The summed E-state index contributed by atoms with van der Waals surface area (Å²) in [4.78, 5) is 17.9. The predicted molar refractivity (Wildman–Crippen MR) is 70.8 cm³/mol. The predicted octanol–water partition coefficient (Wildman–Crippen LogP) is 1.27. The zero-order valence-electron chi connectivity index (χ0n) is 10.2. The first-order valence-corrected chi connectivity index (χ1v) is 8.32. The van der Waals surface area contributed by atoms with Crippen molar-refractivity contribution in [3.63, 3.8) is 0 Å². The number of pyridine rings is 1. The quantitative estimate of drug-likeness (QED) is 0.733. The summed E-state index contributed by atoms with van der Waals surface area (Å²) in [6.07, 6.45) is 2.53. The average molecular weight is 301 g/mol. The largest absolute Gasteiger partial charge is 0.331 e. The van der Waals surface area contributed by atoms with Crippen LogP contribution in [0.25, 0.3) is 0 Å². The Morgan fingerprint density at radius 3 is 2.68 bits per heavy atom. The molecule has 2 aliphatic rings. The van der Waals surface area contributed by atoms with Crippen LogP contribution in [0.2, 0.25) is 5.15 Å². The van der Waals surface area contributed by atoms with E-state index in [1.807, 2.05) is 0 Å². The van der Waals surface area contributed by atoms with Crippen LogP contribution in [0.5, 0.6) is 0 Å². The Hall–Kier alpha value is -1.14. The van der Waals surface area contributed by atoms with Crippen LogP contribution < -0.4 is 0 Å². The Bertz CT molecular complexity index is 630. The number of sulfone groups is 1. The number of aromatic nitrogens is 1. The summed E-state index contributed by atoms with van der Waals surface area (Å²) < 4.78 is 22.8. The summed E-state index contributed by atoms with van der Waals surface area (Å²) in [5, 5.41) is 0.375. The molecule has 0 aliphatic carbocycles. The zero-order valence-corrected chi connectivity index (χ0v) is 11.7. The standard InChI is InChI=1S/C12H13ClN2O3S/c13-11-5-8-7-15(12(16)10(8)6-14-11)9-1-3-19(17,18)4-2-9/h5-6,9H,1-4,7H2. The van der Waals surface area contributed by atoms with Crippen LogP contribution in [-0.4, -0.2) is 41.8 Å². The maximum atomic E-state index is 12.3. The third kappa shape index (κ3) is 2.34. The molecule has 1 fully saturated rings. The molecule has 1 aromatic heterocycles. The van der Waals surface area contributed by atoms with Crippen LogP contribution in [0.4, 0.5) is 0 Å². The molecule has 0 spiro atoms. The van der Waals surface area contributed by atoms with Crippen LogP contribution in [0.1, 0.15) is 28.8 Å². The molecule has 0 bridgehead atoms. The number of rotatable bonds is 1. The topological polar surface area (TPSA) is 67.3 Å². The fourth-order valence-electron chi connectivity index (χ4n) is 2.69. The van der Waals surface area contributed by atoms with Crippen molar-refractivity contribution in [1.82, 2.24) is 9.88 Å². The third-order valence-corrected chi connectivity index (χ3v) is 5.68. The minimum absolute atomic E-state index is 0.00204. The monoisotopic (exact) mass is 300 g/mol. The molecule has 0 N–H and O–H groups in total. The van der Waals surface area contributed by atoms with Crippen LogP contribution >= 0.6 is 11.6 Å². The van der Waals surface area contributed by atoms with Crippen molar-refractivity contribution < 1.29 is 13.2 Å². The fraction of sp³-hybridized carbons (Fsp3) is 0.500. The molecule has 0 atom stereocenters. The Balaban J connectivity index is 1.81. The van der Waals surface area contributed by atoms with Gasteiger partial charge in [0, 0.05) is 18.8 Å². The molecular weight excluding hydrogens is 288 g/mol. The van der Waals surface area contributed by atoms with E-state index in [0.29, 0.717) is 30.1 Å². The number of amides is 1. The Morgan fingerprint density at radius 1 is 1.32 bits per heavy atom. The van der Waals surface area contributed by atoms with E-state index in [0.717, 1.165) is 5.56 Å². The molecule has 0 radical (unpaired) electrons. The second-order valence-corrected chi connectivity index (χ2v) is 7.67. The van der Waals surface area contributed by atoms with Gasteiger partial charge in [0.1, 0.15) is 15.0 Å². The van der Waals surface area contributed by atoms with Gasteiger partial charge in [0.15, 0.2) is 0 Å². The first kappa shape index (κ1) is 12.9. The molecule has 1 aromatic rings. The summed E-state index contributed by atoms with van der Waals surface area (Å²) in [5.74, 6) is 0.261. The highest BCUT2D eigenvalue weighted by atomic mass is 35.5. The van der Waals surface area contributed by atoms with Crippen molar-refractivity contribution in [2.24, 2.45) is 0 Å². The minimum atomic E-state index is -2.91. The van der Waals surface area contributed by atoms with Gasteiger partial charge in [0.25, 0.3) is 5.91 Å². The zero-order chi connectivity index (χ0) is 13.6. The fourth-order valence-corrected chi connectivity index (χ4v) is 4.33. The van der Waals surface area contributed by atoms with Crippen molar-refractivity contribution in [3.05, 3.63) is 28.5 Å². The lowest BCUT2D eigenvalue weighted by Crippen LogP contribution is -2.41. The molecular formula is C12H13ClN2O3S. The number of carbonyl (C=O) groups excluding carboxylic acids is 1. The van der Waals surface area contributed by atoms with Gasteiger partial charge in [-0.1, -0.05) is 11.6 Å². The van der Waals surface area contributed by atoms with E-state index < -0.39 is 9.84 Å². The van der Waals surface area contributed by atoms with Crippen LogP contribution in [0, 0.1) is 0 Å². The molecule has 3 heterocycles. The summed E-state index contributed by atoms with van der Waals surface area (Å²) in [6, 6.07) is 1.70. The van der Waals surface area contributed by atoms with Gasteiger partial charge in [-0.25, -0.2) is 13.4 Å². The summed E-state index contributed by atoms with van der Waals surface area (Å²) in [5.41, 5.74) is 1.45. The maximum Gasteiger partial charge on any atom is 0.256 e. The normalized spacial score (nSPS) is 22.6. The van der Waals surface area contributed by atoms with Crippen molar-refractivity contribution in [1.29, 1.82) is 0 Å². The molecule has 2 aliphatic heterocycles. The van der Waals surface area contributed by atoms with E-state index >= 15 is 0 Å². The van der Waals surface area contributed by atoms with Gasteiger partial charge in [-0.3, -0.25) is 4.79 Å². The highest BCUT2D eigenvalue weighted by Crippen LogP contribution is 2.29. The minimum Gasteiger partial charge on any atom is -0.331 e. The van der Waals surface area contributed by atoms with E-state index in [4.69, 9.17) is 11.6 Å². The van der Waals surface area contributed by atoms with Gasteiger partial charge in [-0.05, 0) is 24.5 Å². The first-order chi connectivity index (χ1) is 8.96. The van der Waals surface area contributed by atoms with E-state index in [2.05, 4.69) is 4.98 Å². The Morgan fingerprint density at radius 2 is 2.00 bits per heavy atom. The maximum absolute atomic E-state index is 12.3. The molecule has 1 saturated heterocycles. The van der Waals surface area contributed by atoms with E-state index in [-0.39, 0.29) is 23.5 Å². The Labute approximate surface area is 116 Å². The van der Waals surface area contributed by atoms with Gasteiger partial charge in [-0.2, -0.15) is 0 Å². The van der Waals surface area contributed by atoms with Gasteiger partial charge in [-0.15, -0.1) is 0 Å². The highest BCUT2D eigenvalue weighted by Gasteiger charge is 2.36. The summed E-state index contributed by atoms with van der Waals surface area (Å²) in [7, 11) is -2.91. The lowest BCUT2D eigenvalue weighted by molar-refractivity contribution is 0.0690. The summed E-state index contributed by atoms with van der Waals surface area (Å²) in [6.45, 7) is 0.501. The number of halogens is 1. The number of fused-ring (bicyclic) bond motifs is 1. The molecule has 19 heavy (non-hydrogen) atoms. The van der Waals surface area contributed by atoms with Crippen molar-refractivity contribution in [2.45, 2.75) is 25.4 Å². The average Bonchev–Trinajstić information content (AvgIpc) is 2.66. The SMILES string of the molecule is O=C1c2cnc(Cl)cc2CN1C1CCS(=O)(=O)CC1. The molecule has 0 aromatic carbocycles. The lowest BCUT2D eigenvalue weighted by Gasteiger charge is -2.30. The van der Waals surface area contributed by atoms with Crippen molar-refractivity contribution >= 4 is 27.3 Å². The second-order valence-electron chi connectivity index (χ2n) is 4.98. The van der Waals surface area contributed by atoms with Crippen LogP contribution in [0.15, 0.2) is 12.3 Å². The molecule has 3 rings (SSSR count). The van der Waals surface area contributed by atoms with Gasteiger partial charge < -0.3 is 4.90 Å². The molecule has 0 unspecified atom stereocenters. The van der Waals surface area contributed by atoms with Crippen molar-refractivity contribution in [2.75, 3.05) is 11.5 Å². The Kier molecular flexibility index (Phi) is 3.02. The molecule has 0 saturated carbocycles. The van der Waals surface area contributed by atoms with Gasteiger partial charge >= 0.3 is 0 Å². The number of nitrogens with zero attached hydrogens (tertiary/aromatic N) is 2. The van der Waals surface area contributed by atoms with Gasteiger partial charge in [0.2, 0.25) is 0 Å². The van der Waals surface area contributed by atoms with E-state index in [9.17, 15) is 13.2 Å². The highest BCUT2D eigenvalue weighted by molar-refractivity contribution is 7.91. The second kappa shape index (κ2) is 4.45. The smallest absolute Gasteiger partial charge is 0.256 e. The number of carbonyl (C=O) groups is 1. The third-order valence-electron chi connectivity index (χ3n) is 3.75. The van der Waals surface area contributed by atoms with Crippen LogP contribution in [-0.2, 0) is 16.4 Å². The van der Waals surface area contributed by atoms with Gasteiger partial charge in [0.05, 0.1) is 17.1 Å². The lowest BCUT2D eigenvalue weighted by atomic mass is 10.1. The molecule has 102 valence electrons. The number of hydrogen-bond donors (Lipinski definition) is 0. The first-order valence-electron chi connectivity index (χ1n) is 6.12. The van der Waals surface area contributed by atoms with E-state index in [1.54, 1.807) is 11.0 Å².